The predicted octanol–water partition coefficient (Wildman–Crippen LogP) is 0.486. The fraction of sp³-hybridized carbons (Fsp3) is 0.545. The van der Waals surface area contributed by atoms with Crippen molar-refractivity contribution < 1.29 is 19.1 Å². The Morgan fingerprint density at radius 2 is 2.00 bits per heavy atom. The second-order valence-electron chi connectivity index (χ2n) is 3.54. The van der Waals surface area contributed by atoms with Crippen molar-refractivity contribution in [1.82, 2.24) is 10.9 Å². The number of amides is 1. The van der Waals surface area contributed by atoms with Crippen molar-refractivity contribution in [2.24, 2.45) is 0 Å². The molecule has 0 aromatic heterocycles. The number of carbonyl (C=O) groups is 3. The maximum atomic E-state index is 11.4. The summed E-state index contributed by atoms with van der Waals surface area (Å²) in [7, 11) is 0. The molecule has 1 fully saturated rings. The molecule has 1 aliphatic rings. The number of rotatable bonds is 4. The zero-order chi connectivity index (χ0) is 12.7. The molecule has 1 rings (SSSR count). The molecule has 0 heterocycles. The van der Waals surface area contributed by atoms with E-state index in [1.165, 1.54) is 6.08 Å². The highest BCUT2D eigenvalue weighted by atomic mass is 16.5. The van der Waals surface area contributed by atoms with Gasteiger partial charge in [-0.3, -0.25) is 15.0 Å². The molecular formula is C11H16N2O4. The highest BCUT2D eigenvalue weighted by Crippen LogP contribution is 2.15. The van der Waals surface area contributed by atoms with E-state index in [0.29, 0.717) is 19.3 Å². The molecule has 0 unspecified atom stereocenters. The maximum absolute atomic E-state index is 11.4. The zero-order valence-corrected chi connectivity index (χ0v) is 9.75. The van der Waals surface area contributed by atoms with E-state index in [-0.39, 0.29) is 30.3 Å². The molecule has 17 heavy (non-hydrogen) atoms. The Balaban J connectivity index is 2.34. The number of hydrazine groups is 1. The van der Waals surface area contributed by atoms with Crippen molar-refractivity contribution in [3.63, 3.8) is 0 Å². The van der Waals surface area contributed by atoms with Crippen LogP contribution in [0.4, 0.5) is 4.79 Å². The van der Waals surface area contributed by atoms with Gasteiger partial charge in [-0.05, 0) is 13.3 Å². The topological polar surface area (TPSA) is 84.5 Å². The molecule has 1 saturated carbocycles. The largest absolute Gasteiger partial charge is 0.449 e. The van der Waals surface area contributed by atoms with Crippen LogP contribution in [0.2, 0.25) is 0 Å². The first kappa shape index (κ1) is 13.4. The fourth-order valence-electron chi connectivity index (χ4n) is 1.51. The molecule has 6 heteroatoms. The SMILES string of the molecule is CCOC(=O)NNCC=C1C(=O)CCCC1=O. The molecule has 2 N–H and O–H groups in total. The Morgan fingerprint density at radius 1 is 1.35 bits per heavy atom. The molecule has 1 amide bonds. The monoisotopic (exact) mass is 240 g/mol. The van der Waals surface area contributed by atoms with Crippen LogP contribution >= 0.6 is 0 Å². The van der Waals surface area contributed by atoms with Crippen LogP contribution in [0, 0.1) is 0 Å². The summed E-state index contributed by atoms with van der Waals surface area (Å²) in [6.45, 7) is 2.19. The average Bonchev–Trinajstić information content (AvgIpc) is 2.28. The summed E-state index contributed by atoms with van der Waals surface area (Å²) >= 11 is 0. The number of ether oxygens (including phenoxy) is 1. The Morgan fingerprint density at radius 3 is 2.59 bits per heavy atom. The number of Topliss-reactive ketones (excluding diaryl/α,β-unsaturated/α-hetero) is 2. The van der Waals surface area contributed by atoms with Crippen LogP contribution in [0.15, 0.2) is 11.6 Å². The molecule has 1 aliphatic carbocycles. The number of nitrogens with one attached hydrogen (secondary N) is 2. The first-order valence-electron chi connectivity index (χ1n) is 5.57. The van der Waals surface area contributed by atoms with Crippen molar-refractivity contribution in [2.45, 2.75) is 26.2 Å². The van der Waals surface area contributed by atoms with Gasteiger partial charge in [0.1, 0.15) is 0 Å². The molecule has 0 spiro atoms. The quantitative estimate of drug-likeness (QED) is 0.323. The minimum Gasteiger partial charge on any atom is -0.449 e. The predicted molar refractivity (Wildman–Crippen MR) is 60.1 cm³/mol. The number of hydrogen-bond donors (Lipinski definition) is 2. The molecule has 6 nitrogen and oxygen atoms in total. The first-order chi connectivity index (χ1) is 8.15. The van der Waals surface area contributed by atoms with E-state index in [1.54, 1.807) is 6.92 Å². The van der Waals surface area contributed by atoms with Gasteiger partial charge in [0.15, 0.2) is 11.6 Å². The van der Waals surface area contributed by atoms with Gasteiger partial charge in [-0.1, -0.05) is 6.08 Å². The summed E-state index contributed by atoms with van der Waals surface area (Å²) < 4.78 is 4.61. The highest BCUT2D eigenvalue weighted by molar-refractivity contribution is 6.21. The summed E-state index contributed by atoms with van der Waals surface area (Å²) in [6, 6.07) is 0. The average molecular weight is 240 g/mol. The van der Waals surface area contributed by atoms with Gasteiger partial charge in [0, 0.05) is 19.4 Å². The number of allylic oxidation sites excluding steroid dienone is 1. The van der Waals surface area contributed by atoms with Crippen LogP contribution < -0.4 is 10.9 Å². The Labute approximate surface area is 99.4 Å². The Kier molecular flexibility index (Phi) is 5.35. The first-order valence-corrected chi connectivity index (χ1v) is 5.57. The lowest BCUT2D eigenvalue weighted by molar-refractivity contribution is -0.123. The summed E-state index contributed by atoms with van der Waals surface area (Å²) in [5, 5.41) is 0. The Bertz CT molecular complexity index is 331. The number of carbonyl (C=O) groups excluding carboxylic acids is 3. The maximum Gasteiger partial charge on any atom is 0.421 e. The van der Waals surface area contributed by atoms with Gasteiger partial charge < -0.3 is 4.74 Å². The van der Waals surface area contributed by atoms with E-state index in [4.69, 9.17) is 0 Å². The minimum absolute atomic E-state index is 0.126. The molecule has 0 aromatic rings. The van der Waals surface area contributed by atoms with Crippen molar-refractivity contribution in [3.05, 3.63) is 11.6 Å². The lowest BCUT2D eigenvalue weighted by Gasteiger charge is -2.11. The summed E-state index contributed by atoms with van der Waals surface area (Å²) in [5.74, 6) is -0.252. The normalized spacial score (nSPS) is 15.7. The van der Waals surface area contributed by atoms with E-state index >= 15 is 0 Å². The summed E-state index contributed by atoms with van der Waals surface area (Å²) in [6.07, 6.45) is 2.37. The van der Waals surface area contributed by atoms with Gasteiger partial charge in [0.05, 0.1) is 12.2 Å². The van der Waals surface area contributed by atoms with Crippen molar-refractivity contribution in [1.29, 1.82) is 0 Å². The van der Waals surface area contributed by atoms with Crippen molar-refractivity contribution >= 4 is 17.7 Å². The molecule has 0 aliphatic heterocycles. The molecule has 0 radical (unpaired) electrons. The van der Waals surface area contributed by atoms with Crippen LogP contribution in [0.5, 0.6) is 0 Å². The molecule has 94 valence electrons. The fourth-order valence-corrected chi connectivity index (χ4v) is 1.51. The van der Waals surface area contributed by atoms with Gasteiger partial charge in [-0.2, -0.15) is 0 Å². The second kappa shape index (κ2) is 6.80. The summed E-state index contributed by atoms with van der Waals surface area (Å²) in [4.78, 5) is 33.7. The van der Waals surface area contributed by atoms with Crippen molar-refractivity contribution in [3.8, 4) is 0 Å². The van der Waals surface area contributed by atoms with E-state index in [1.807, 2.05) is 0 Å². The number of ketones is 2. The third-order valence-electron chi connectivity index (χ3n) is 2.28. The zero-order valence-electron chi connectivity index (χ0n) is 9.75. The van der Waals surface area contributed by atoms with Crippen molar-refractivity contribution in [2.75, 3.05) is 13.2 Å². The van der Waals surface area contributed by atoms with Crippen LogP contribution in [-0.4, -0.2) is 30.8 Å². The van der Waals surface area contributed by atoms with Gasteiger partial charge in [-0.25, -0.2) is 10.2 Å². The van der Waals surface area contributed by atoms with Crippen LogP contribution in [0.25, 0.3) is 0 Å². The third kappa shape index (κ3) is 4.36. The van der Waals surface area contributed by atoms with Crippen LogP contribution in [0.1, 0.15) is 26.2 Å². The smallest absolute Gasteiger partial charge is 0.421 e. The van der Waals surface area contributed by atoms with Gasteiger partial charge in [0.2, 0.25) is 0 Å². The van der Waals surface area contributed by atoms with Gasteiger partial charge in [0.25, 0.3) is 0 Å². The lowest BCUT2D eigenvalue weighted by Crippen LogP contribution is -2.38. The molecule has 0 bridgehead atoms. The lowest BCUT2D eigenvalue weighted by atomic mass is 9.92. The molecule has 0 atom stereocenters. The van der Waals surface area contributed by atoms with E-state index in [9.17, 15) is 14.4 Å². The third-order valence-corrected chi connectivity index (χ3v) is 2.28. The second-order valence-corrected chi connectivity index (χ2v) is 3.54. The Hall–Kier alpha value is -1.69. The molecule has 0 aromatic carbocycles. The van der Waals surface area contributed by atoms with Gasteiger partial charge >= 0.3 is 6.09 Å². The highest BCUT2D eigenvalue weighted by Gasteiger charge is 2.22. The summed E-state index contributed by atoms with van der Waals surface area (Å²) in [5.41, 5.74) is 5.06. The standard InChI is InChI=1S/C11H16N2O4/c1-2-17-11(16)13-12-7-6-8-9(14)4-3-5-10(8)15/h6,12H,2-5,7H2,1H3,(H,13,16). The van der Waals surface area contributed by atoms with Crippen LogP contribution in [-0.2, 0) is 14.3 Å². The van der Waals surface area contributed by atoms with E-state index in [0.717, 1.165) is 0 Å². The molecular weight excluding hydrogens is 224 g/mol. The van der Waals surface area contributed by atoms with E-state index < -0.39 is 6.09 Å². The van der Waals surface area contributed by atoms with E-state index in [2.05, 4.69) is 15.6 Å². The minimum atomic E-state index is -0.591. The van der Waals surface area contributed by atoms with Gasteiger partial charge in [-0.15, -0.1) is 0 Å². The van der Waals surface area contributed by atoms with Crippen LogP contribution in [0.3, 0.4) is 0 Å². The number of hydrogen-bond acceptors (Lipinski definition) is 5. The molecule has 0 saturated heterocycles.